The third kappa shape index (κ3) is 3.84. The van der Waals surface area contributed by atoms with E-state index >= 15 is 0 Å². The lowest BCUT2D eigenvalue weighted by Crippen LogP contribution is -2.24. The van der Waals surface area contributed by atoms with Crippen LogP contribution in [0, 0.1) is 11.8 Å². The van der Waals surface area contributed by atoms with Crippen LogP contribution in [-0.2, 0) is 9.59 Å². The molecule has 1 aromatic rings. The molecule has 112 valence electrons. The molecule has 0 aromatic heterocycles. The van der Waals surface area contributed by atoms with Gasteiger partial charge in [-0.05, 0) is 49.9 Å². The molecular weight excluding hydrogens is 264 g/mol. The van der Waals surface area contributed by atoms with Gasteiger partial charge in [0.1, 0.15) is 0 Å². The number of benzene rings is 1. The molecule has 0 bridgehead atoms. The van der Waals surface area contributed by atoms with E-state index < -0.39 is 0 Å². The molecule has 0 radical (unpaired) electrons. The number of anilines is 2. The Balaban J connectivity index is 1.53. The van der Waals surface area contributed by atoms with Gasteiger partial charge in [0.15, 0.2) is 0 Å². The number of nitrogens with one attached hydrogen (secondary N) is 2. The number of hydrogen-bond donors (Lipinski definition) is 2. The molecule has 3 rings (SSSR count). The molecule has 0 aliphatic heterocycles. The van der Waals surface area contributed by atoms with Gasteiger partial charge in [-0.3, -0.25) is 9.59 Å². The minimum absolute atomic E-state index is 0.106. The van der Waals surface area contributed by atoms with Crippen molar-refractivity contribution in [2.24, 2.45) is 11.8 Å². The third-order valence-electron chi connectivity index (χ3n) is 4.34. The predicted molar refractivity (Wildman–Crippen MR) is 83.0 cm³/mol. The van der Waals surface area contributed by atoms with E-state index in [0.717, 1.165) is 49.9 Å². The topological polar surface area (TPSA) is 58.2 Å². The molecule has 0 unspecified atom stereocenters. The highest BCUT2D eigenvalue weighted by Gasteiger charge is 2.29. The fourth-order valence-electron chi connectivity index (χ4n) is 2.84. The fourth-order valence-corrected chi connectivity index (χ4v) is 2.84. The van der Waals surface area contributed by atoms with Crippen LogP contribution < -0.4 is 10.6 Å². The van der Waals surface area contributed by atoms with E-state index in [2.05, 4.69) is 10.6 Å². The lowest BCUT2D eigenvalue weighted by atomic mass is 9.88. The molecule has 0 heterocycles. The molecule has 2 aliphatic carbocycles. The Kier molecular flexibility index (Phi) is 4.23. The van der Waals surface area contributed by atoms with Gasteiger partial charge in [-0.1, -0.05) is 19.3 Å². The molecule has 2 N–H and O–H groups in total. The predicted octanol–water partition coefficient (Wildman–Crippen LogP) is 3.55. The Bertz CT molecular complexity index is 514. The van der Waals surface area contributed by atoms with Gasteiger partial charge in [0.2, 0.25) is 11.8 Å². The van der Waals surface area contributed by atoms with Gasteiger partial charge in [-0.2, -0.15) is 0 Å². The summed E-state index contributed by atoms with van der Waals surface area (Å²) in [6.07, 6.45) is 7.57. The zero-order chi connectivity index (χ0) is 14.7. The average Bonchev–Trinajstić information content (AvgIpc) is 3.35. The highest BCUT2D eigenvalue weighted by atomic mass is 16.2. The number of carbonyl (C=O) groups is 2. The van der Waals surface area contributed by atoms with Crippen LogP contribution in [0.4, 0.5) is 11.4 Å². The molecule has 2 aliphatic rings. The summed E-state index contributed by atoms with van der Waals surface area (Å²) in [5.41, 5.74) is 1.59. The zero-order valence-electron chi connectivity index (χ0n) is 12.2. The smallest absolute Gasteiger partial charge is 0.227 e. The van der Waals surface area contributed by atoms with Crippen molar-refractivity contribution >= 4 is 23.2 Å². The van der Waals surface area contributed by atoms with Crippen molar-refractivity contribution in [1.29, 1.82) is 0 Å². The molecule has 2 fully saturated rings. The number of carbonyl (C=O) groups excluding carboxylic acids is 2. The average molecular weight is 286 g/mol. The highest BCUT2D eigenvalue weighted by molar-refractivity contribution is 5.95. The van der Waals surface area contributed by atoms with E-state index in [4.69, 9.17) is 0 Å². The van der Waals surface area contributed by atoms with E-state index in [1.807, 2.05) is 24.3 Å². The van der Waals surface area contributed by atoms with Gasteiger partial charge in [-0.25, -0.2) is 0 Å². The summed E-state index contributed by atoms with van der Waals surface area (Å²) >= 11 is 0. The molecule has 4 nitrogen and oxygen atoms in total. The lowest BCUT2D eigenvalue weighted by molar-refractivity contribution is -0.120. The second-order valence-electron chi connectivity index (χ2n) is 6.17. The summed E-state index contributed by atoms with van der Waals surface area (Å²) in [4.78, 5) is 23.8. The van der Waals surface area contributed by atoms with Crippen molar-refractivity contribution in [2.45, 2.75) is 44.9 Å². The lowest BCUT2D eigenvalue weighted by Gasteiger charge is -2.20. The fraction of sp³-hybridized carbons (Fsp3) is 0.529. The van der Waals surface area contributed by atoms with Gasteiger partial charge in [0.05, 0.1) is 0 Å². The Hall–Kier alpha value is -1.84. The first-order chi connectivity index (χ1) is 10.2. The maximum absolute atomic E-state index is 12.1. The Morgan fingerprint density at radius 3 is 1.57 bits per heavy atom. The first-order valence-electron chi connectivity index (χ1n) is 7.94. The number of rotatable bonds is 4. The third-order valence-corrected chi connectivity index (χ3v) is 4.34. The van der Waals surface area contributed by atoms with Gasteiger partial charge in [0, 0.05) is 23.2 Å². The number of amides is 2. The summed E-state index contributed by atoms with van der Waals surface area (Å²) in [6.45, 7) is 0. The van der Waals surface area contributed by atoms with E-state index in [-0.39, 0.29) is 23.7 Å². The second-order valence-corrected chi connectivity index (χ2v) is 6.17. The summed E-state index contributed by atoms with van der Waals surface area (Å²) in [5, 5.41) is 5.87. The van der Waals surface area contributed by atoms with Crippen LogP contribution in [0.1, 0.15) is 44.9 Å². The molecule has 2 amide bonds. The highest BCUT2D eigenvalue weighted by Crippen LogP contribution is 2.30. The second kappa shape index (κ2) is 6.29. The van der Waals surface area contributed by atoms with E-state index in [1.165, 1.54) is 6.42 Å². The van der Waals surface area contributed by atoms with Gasteiger partial charge < -0.3 is 10.6 Å². The summed E-state index contributed by atoms with van der Waals surface area (Å²) in [6, 6.07) is 7.39. The van der Waals surface area contributed by atoms with Crippen LogP contribution in [0.15, 0.2) is 24.3 Å². The maximum Gasteiger partial charge on any atom is 0.227 e. The van der Waals surface area contributed by atoms with Crippen LogP contribution in [0.25, 0.3) is 0 Å². The molecule has 21 heavy (non-hydrogen) atoms. The normalized spacial score (nSPS) is 19.0. The van der Waals surface area contributed by atoms with Crippen molar-refractivity contribution in [2.75, 3.05) is 10.6 Å². The van der Waals surface area contributed by atoms with Crippen LogP contribution >= 0.6 is 0 Å². The quantitative estimate of drug-likeness (QED) is 0.889. The largest absolute Gasteiger partial charge is 0.326 e. The SMILES string of the molecule is O=C(Nc1ccc(NC(=O)C2CC2)cc1)C1CCCCC1. The molecule has 0 spiro atoms. The van der Waals surface area contributed by atoms with Gasteiger partial charge in [0.25, 0.3) is 0 Å². The molecule has 0 saturated heterocycles. The van der Waals surface area contributed by atoms with Crippen molar-refractivity contribution in [3.63, 3.8) is 0 Å². The summed E-state index contributed by atoms with van der Waals surface area (Å²) in [5.74, 6) is 0.599. The Morgan fingerprint density at radius 2 is 1.14 bits per heavy atom. The first-order valence-corrected chi connectivity index (χ1v) is 7.94. The van der Waals surface area contributed by atoms with E-state index in [0.29, 0.717) is 0 Å². The standard InChI is InChI=1S/C17H22N2O2/c20-16(12-4-2-1-3-5-12)18-14-8-10-15(11-9-14)19-17(21)13-6-7-13/h8-13H,1-7H2,(H,18,20)(H,19,21). The Morgan fingerprint density at radius 1 is 0.714 bits per heavy atom. The van der Waals surface area contributed by atoms with Crippen LogP contribution in [-0.4, -0.2) is 11.8 Å². The van der Waals surface area contributed by atoms with Crippen molar-refractivity contribution in [3.8, 4) is 0 Å². The summed E-state index contributed by atoms with van der Waals surface area (Å²) < 4.78 is 0. The van der Waals surface area contributed by atoms with Crippen molar-refractivity contribution < 1.29 is 9.59 Å². The van der Waals surface area contributed by atoms with Crippen LogP contribution in [0.2, 0.25) is 0 Å². The van der Waals surface area contributed by atoms with Crippen molar-refractivity contribution in [1.82, 2.24) is 0 Å². The monoisotopic (exact) mass is 286 g/mol. The first kappa shape index (κ1) is 14.1. The molecule has 2 saturated carbocycles. The van der Waals surface area contributed by atoms with Crippen molar-refractivity contribution in [3.05, 3.63) is 24.3 Å². The molecule has 1 aromatic carbocycles. The van der Waals surface area contributed by atoms with Gasteiger partial charge in [-0.15, -0.1) is 0 Å². The van der Waals surface area contributed by atoms with Crippen LogP contribution in [0.5, 0.6) is 0 Å². The maximum atomic E-state index is 12.1. The van der Waals surface area contributed by atoms with E-state index in [9.17, 15) is 9.59 Å². The molecule has 0 atom stereocenters. The minimum Gasteiger partial charge on any atom is -0.326 e. The van der Waals surface area contributed by atoms with E-state index in [1.54, 1.807) is 0 Å². The number of hydrogen-bond acceptors (Lipinski definition) is 2. The van der Waals surface area contributed by atoms with Gasteiger partial charge >= 0.3 is 0 Å². The molecule has 4 heteroatoms. The minimum atomic E-state index is 0.106. The zero-order valence-corrected chi connectivity index (χ0v) is 12.2. The summed E-state index contributed by atoms with van der Waals surface area (Å²) in [7, 11) is 0. The van der Waals surface area contributed by atoms with Crippen LogP contribution in [0.3, 0.4) is 0 Å². The molecular formula is C17H22N2O2. The Labute approximate surface area is 125 Å².